The van der Waals surface area contributed by atoms with Crippen LogP contribution in [0.3, 0.4) is 0 Å². The number of hydrogen-bond donors (Lipinski definition) is 4. The molecule has 4 rings (SSSR count). The first-order chi connectivity index (χ1) is 19.2. The van der Waals surface area contributed by atoms with Gasteiger partial charge in [0.1, 0.15) is 36.2 Å². The van der Waals surface area contributed by atoms with Crippen molar-refractivity contribution in [1.29, 1.82) is 5.26 Å². The molecule has 6 N–H and O–H groups in total. The number of nitrogen functional groups attached to an aromatic ring is 1. The van der Waals surface area contributed by atoms with Gasteiger partial charge < -0.3 is 31.2 Å². The van der Waals surface area contributed by atoms with Gasteiger partial charge in [-0.25, -0.2) is 15.0 Å². The van der Waals surface area contributed by atoms with Gasteiger partial charge in [-0.2, -0.15) is 5.26 Å². The normalized spacial score (nSPS) is 21.9. The zero-order valence-corrected chi connectivity index (χ0v) is 22.4. The summed E-state index contributed by atoms with van der Waals surface area (Å²) in [6, 6.07) is 8.43. The van der Waals surface area contributed by atoms with Crippen molar-refractivity contribution in [2.24, 2.45) is 5.73 Å². The zero-order chi connectivity index (χ0) is 28.8. The molecule has 0 radical (unpaired) electrons. The Hall–Kier alpha value is -3.93. The molecule has 3 heterocycles. The monoisotopic (exact) mass is 550 g/mol. The standard InChI is InChI=1S/C27H34N8O5/c1-16(2)39-27(38)19(29)9-11-34(10-3-4-17-5-7-18(12-28)8-6-17)13-20-22(36)23(37)26(40-20)35-15-33-21-24(30)31-14-32-25(21)35/h3-8,14-16,19-20,22-23,26,36-37H,9-11,13,29H2,1-2H3,(H2,30,31,32)/b4-3+/t19?,20-,22-,23-,26-/m1/s1. The second-order valence-electron chi connectivity index (χ2n) is 9.91. The van der Waals surface area contributed by atoms with Gasteiger partial charge >= 0.3 is 5.97 Å². The molecule has 5 atom stereocenters. The fraction of sp³-hybridized carbons (Fsp3) is 0.444. The van der Waals surface area contributed by atoms with Crippen LogP contribution in [-0.2, 0) is 14.3 Å². The number of hydrogen-bond acceptors (Lipinski definition) is 12. The third kappa shape index (κ3) is 6.79. The van der Waals surface area contributed by atoms with Crippen LogP contribution in [0.25, 0.3) is 17.2 Å². The third-order valence-corrected chi connectivity index (χ3v) is 6.56. The first-order valence-electron chi connectivity index (χ1n) is 13.0. The summed E-state index contributed by atoms with van der Waals surface area (Å²) < 4.78 is 12.9. The lowest BCUT2D eigenvalue weighted by molar-refractivity contribution is -0.149. The van der Waals surface area contributed by atoms with Crippen LogP contribution in [-0.4, -0.2) is 90.7 Å². The summed E-state index contributed by atoms with van der Waals surface area (Å²) in [6.45, 7) is 4.60. The second kappa shape index (κ2) is 12.9. The molecule has 212 valence electrons. The Morgan fingerprint density at radius 2 is 2.00 bits per heavy atom. The number of nitrogens with two attached hydrogens (primary N) is 2. The van der Waals surface area contributed by atoms with Crippen molar-refractivity contribution in [1.82, 2.24) is 24.4 Å². The topological polar surface area (TPSA) is 199 Å². The first kappa shape index (κ1) is 29.1. The zero-order valence-electron chi connectivity index (χ0n) is 22.4. The van der Waals surface area contributed by atoms with E-state index < -0.39 is 36.6 Å². The van der Waals surface area contributed by atoms with E-state index in [1.807, 2.05) is 29.2 Å². The number of nitriles is 1. The van der Waals surface area contributed by atoms with E-state index in [0.29, 0.717) is 36.2 Å². The number of aromatic nitrogens is 4. The number of aliphatic hydroxyl groups is 2. The maximum Gasteiger partial charge on any atom is 0.323 e. The molecular formula is C27H34N8O5. The van der Waals surface area contributed by atoms with Crippen molar-refractivity contribution in [2.75, 3.05) is 25.4 Å². The van der Waals surface area contributed by atoms with E-state index in [1.54, 1.807) is 26.0 Å². The summed E-state index contributed by atoms with van der Waals surface area (Å²) in [6.07, 6.45) is 2.45. The number of aliphatic hydroxyl groups excluding tert-OH is 2. The van der Waals surface area contributed by atoms with Crippen LogP contribution in [0.15, 0.2) is 43.0 Å². The molecule has 13 heteroatoms. The fourth-order valence-corrected chi connectivity index (χ4v) is 4.44. The Bertz CT molecular complexity index is 1370. The van der Waals surface area contributed by atoms with Crippen molar-refractivity contribution in [3.63, 3.8) is 0 Å². The molecule has 1 saturated heterocycles. The lowest BCUT2D eigenvalue weighted by Gasteiger charge is -2.26. The van der Waals surface area contributed by atoms with Gasteiger partial charge in [0.05, 0.1) is 24.1 Å². The molecule has 1 aromatic carbocycles. The van der Waals surface area contributed by atoms with Gasteiger partial charge in [0.15, 0.2) is 17.7 Å². The van der Waals surface area contributed by atoms with Crippen LogP contribution >= 0.6 is 0 Å². The Morgan fingerprint density at radius 3 is 2.70 bits per heavy atom. The summed E-state index contributed by atoms with van der Waals surface area (Å²) in [5, 5.41) is 30.7. The average Bonchev–Trinajstić information content (AvgIpc) is 3.48. The summed E-state index contributed by atoms with van der Waals surface area (Å²) in [4.78, 5) is 26.5. The first-order valence-corrected chi connectivity index (χ1v) is 13.0. The van der Waals surface area contributed by atoms with Crippen LogP contribution in [0.1, 0.15) is 37.6 Å². The van der Waals surface area contributed by atoms with Gasteiger partial charge in [0, 0.05) is 19.6 Å². The summed E-state index contributed by atoms with van der Waals surface area (Å²) in [5.74, 6) is -0.287. The number of anilines is 1. The molecule has 0 amide bonds. The molecule has 1 fully saturated rings. The number of benzene rings is 1. The lowest BCUT2D eigenvalue weighted by atomic mass is 10.1. The van der Waals surface area contributed by atoms with E-state index in [0.717, 1.165) is 5.56 Å². The largest absolute Gasteiger partial charge is 0.462 e. The lowest BCUT2D eigenvalue weighted by Crippen LogP contribution is -2.43. The van der Waals surface area contributed by atoms with Crippen LogP contribution in [0.4, 0.5) is 5.82 Å². The van der Waals surface area contributed by atoms with Gasteiger partial charge in [-0.3, -0.25) is 14.3 Å². The van der Waals surface area contributed by atoms with Crippen LogP contribution < -0.4 is 11.5 Å². The van der Waals surface area contributed by atoms with Gasteiger partial charge in [0.25, 0.3) is 0 Å². The van der Waals surface area contributed by atoms with E-state index in [4.69, 9.17) is 26.2 Å². The van der Waals surface area contributed by atoms with Gasteiger partial charge in [-0.05, 0) is 38.0 Å². The molecule has 40 heavy (non-hydrogen) atoms. The molecule has 2 aromatic heterocycles. The highest BCUT2D eigenvalue weighted by molar-refractivity contribution is 5.81. The Labute approximate surface area is 231 Å². The quantitative estimate of drug-likeness (QED) is 0.243. The minimum atomic E-state index is -1.25. The number of esters is 1. The summed E-state index contributed by atoms with van der Waals surface area (Å²) in [5.41, 5.74) is 14.2. The van der Waals surface area contributed by atoms with Crippen molar-refractivity contribution in [3.05, 3.63) is 54.1 Å². The van der Waals surface area contributed by atoms with Gasteiger partial charge in [-0.15, -0.1) is 0 Å². The molecule has 3 aromatic rings. The molecule has 0 bridgehead atoms. The average molecular weight is 551 g/mol. The Balaban J connectivity index is 1.47. The number of ether oxygens (including phenoxy) is 2. The highest BCUT2D eigenvalue weighted by Crippen LogP contribution is 2.32. The second-order valence-corrected chi connectivity index (χ2v) is 9.91. The number of imidazole rings is 1. The number of carbonyl (C=O) groups is 1. The van der Waals surface area contributed by atoms with E-state index in [9.17, 15) is 15.0 Å². The fourth-order valence-electron chi connectivity index (χ4n) is 4.44. The smallest absolute Gasteiger partial charge is 0.323 e. The summed E-state index contributed by atoms with van der Waals surface area (Å²) >= 11 is 0. The van der Waals surface area contributed by atoms with E-state index in [1.165, 1.54) is 17.2 Å². The molecule has 1 aliphatic heterocycles. The minimum Gasteiger partial charge on any atom is -0.462 e. The van der Waals surface area contributed by atoms with E-state index in [-0.39, 0.29) is 18.5 Å². The van der Waals surface area contributed by atoms with Gasteiger partial charge in [-0.1, -0.05) is 24.3 Å². The predicted octanol–water partition coefficient (Wildman–Crippen LogP) is 0.584. The van der Waals surface area contributed by atoms with E-state index in [2.05, 4.69) is 21.0 Å². The SMILES string of the molecule is CC(C)OC(=O)C(N)CCN(C/C=C/c1ccc(C#N)cc1)C[C@H]1O[C@@H](n2cnc3c(N)ncnc32)[C@H](O)[C@@H]1O. The van der Waals surface area contributed by atoms with E-state index >= 15 is 0 Å². The predicted molar refractivity (Wildman–Crippen MR) is 146 cm³/mol. The highest BCUT2D eigenvalue weighted by atomic mass is 16.6. The van der Waals surface area contributed by atoms with Crippen molar-refractivity contribution in [3.8, 4) is 6.07 Å². The number of nitrogens with zero attached hydrogens (tertiary/aromatic N) is 6. The summed E-state index contributed by atoms with van der Waals surface area (Å²) in [7, 11) is 0. The van der Waals surface area contributed by atoms with Crippen LogP contribution in [0.5, 0.6) is 0 Å². The molecule has 1 aliphatic rings. The number of fused-ring (bicyclic) bond motifs is 1. The number of rotatable bonds is 11. The van der Waals surface area contributed by atoms with Gasteiger partial charge in [0.2, 0.25) is 0 Å². The Kier molecular flexibility index (Phi) is 9.41. The Morgan fingerprint density at radius 1 is 1.25 bits per heavy atom. The molecular weight excluding hydrogens is 516 g/mol. The third-order valence-electron chi connectivity index (χ3n) is 6.56. The van der Waals surface area contributed by atoms with Crippen LogP contribution in [0, 0.1) is 11.3 Å². The maximum absolute atomic E-state index is 12.2. The maximum atomic E-state index is 12.2. The highest BCUT2D eigenvalue weighted by Gasteiger charge is 2.44. The molecule has 1 unspecified atom stereocenters. The molecule has 13 nitrogen and oxygen atoms in total. The number of carbonyl (C=O) groups excluding carboxylic acids is 1. The van der Waals surface area contributed by atoms with Crippen molar-refractivity contribution < 1.29 is 24.5 Å². The molecule has 0 aliphatic carbocycles. The van der Waals surface area contributed by atoms with Crippen molar-refractivity contribution in [2.45, 2.75) is 57.0 Å². The van der Waals surface area contributed by atoms with Crippen LogP contribution in [0.2, 0.25) is 0 Å². The molecule has 0 spiro atoms. The molecule has 0 saturated carbocycles. The minimum absolute atomic E-state index is 0.195. The van der Waals surface area contributed by atoms with Crippen molar-refractivity contribution >= 4 is 29.0 Å².